The number of nitrogens with two attached hydrogens (primary N) is 1. The van der Waals surface area contributed by atoms with Gasteiger partial charge in [-0.3, -0.25) is 0 Å². The number of rotatable bonds is 3. The van der Waals surface area contributed by atoms with Gasteiger partial charge in [-0.25, -0.2) is 4.39 Å². The van der Waals surface area contributed by atoms with Crippen LogP contribution in [-0.2, 0) is 5.75 Å². The van der Waals surface area contributed by atoms with E-state index in [4.69, 9.17) is 17.3 Å². The predicted molar refractivity (Wildman–Crippen MR) is 79.5 cm³/mol. The second-order valence-corrected chi connectivity index (χ2v) is 6.08. The molecule has 2 N–H and O–H groups in total. The SMILES string of the molecule is Nc1ccc(Cl)cc1SCc1cc(Br)ccc1F. The highest BCUT2D eigenvalue weighted by molar-refractivity contribution is 9.10. The van der Waals surface area contributed by atoms with Crippen molar-refractivity contribution >= 4 is 45.0 Å². The Labute approximate surface area is 123 Å². The van der Waals surface area contributed by atoms with Crippen LogP contribution in [0.4, 0.5) is 10.1 Å². The van der Waals surface area contributed by atoms with Crippen LogP contribution in [0.15, 0.2) is 45.8 Å². The van der Waals surface area contributed by atoms with Crippen molar-refractivity contribution < 1.29 is 4.39 Å². The fourth-order valence-corrected chi connectivity index (χ4v) is 3.07. The molecule has 0 heterocycles. The van der Waals surface area contributed by atoms with Crippen LogP contribution in [0.2, 0.25) is 5.02 Å². The average Bonchev–Trinajstić information content (AvgIpc) is 2.34. The highest BCUT2D eigenvalue weighted by Gasteiger charge is 2.06. The number of nitrogen functional groups attached to an aromatic ring is 1. The van der Waals surface area contributed by atoms with Crippen molar-refractivity contribution in [3.8, 4) is 0 Å². The van der Waals surface area contributed by atoms with Crippen LogP contribution in [0, 0.1) is 5.82 Å². The fourth-order valence-electron chi connectivity index (χ4n) is 1.44. The van der Waals surface area contributed by atoms with Crippen molar-refractivity contribution in [1.82, 2.24) is 0 Å². The Morgan fingerprint density at radius 3 is 2.78 bits per heavy atom. The molecular weight excluding hydrogens is 337 g/mol. The molecule has 0 amide bonds. The molecule has 0 unspecified atom stereocenters. The second-order valence-electron chi connectivity index (χ2n) is 3.71. The first-order chi connectivity index (χ1) is 8.56. The second kappa shape index (κ2) is 5.95. The maximum absolute atomic E-state index is 13.6. The van der Waals surface area contributed by atoms with Crippen molar-refractivity contribution in [2.75, 3.05) is 5.73 Å². The number of anilines is 1. The lowest BCUT2D eigenvalue weighted by Crippen LogP contribution is -1.91. The lowest BCUT2D eigenvalue weighted by molar-refractivity contribution is 0.617. The molecule has 2 aromatic rings. The van der Waals surface area contributed by atoms with E-state index in [0.717, 1.165) is 9.37 Å². The van der Waals surface area contributed by atoms with E-state index in [-0.39, 0.29) is 5.82 Å². The summed E-state index contributed by atoms with van der Waals surface area (Å²) in [5.41, 5.74) is 7.12. The molecule has 1 nitrogen and oxygen atoms in total. The predicted octanol–water partition coefficient (Wildman–Crippen LogP) is 5.12. The first kappa shape index (κ1) is 13.7. The normalized spacial score (nSPS) is 10.6. The lowest BCUT2D eigenvalue weighted by Gasteiger charge is -2.07. The monoisotopic (exact) mass is 345 g/mol. The van der Waals surface area contributed by atoms with E-state index in [9.17, 15) is 4.39 Å². The molecule has 94 valence electrons. The summed E-state index contributed by atoms with van der Waals surface area (Å²) in [6.07, 6.45) is 0. The Morgan fingerprint density at radius 2 is 2.00 bits per heavy atom. The zero-order chi connectivity index (χ0) is 13.1. The highest BCUT2D eigenvalue weighted by atomic mass is 79.9. The maximum Gasteiger partial charge on any atom is 0.127 e. The smallest absolute Gasteiger partial charge is 0.127 e. The summed E-state index contributed by atoms with van der Waals surface area (Å²) >= 11 is 10.7. The molecule has 0 bridgehead atoms. The van der Waals surface area contributed by atoms with Crippen LogP contribution < -0.4 is 5.73 Å². The first-order valence-corrected chi connectivity index (χ1v) is 7.33. The molecule has 0 aliphatic rings. The largest absolute Gasteiger partial charge is 0.398 e. The number of halogens is 3. The summed E-state index contributed by atoms with van der Waals surface area (Å²) in [7, 11) is 0. The van der Waals surface area contributed by atoms with Crippen molar-refractivity contribution in [2.24, 2.45) is 0 Å². The molecule has 0 saturated heterocycles. The van der Waals surface area contributed by atoms with E-state index in [2.05, 4.69) is 15.9 Å². The van der Waals surface area contributed by atoms with Gasteiger partial charge in [0, 0.05) is 25.8 Å². The summed E-state index contributed by atoms with van der Waals surface area (Å²) in [6, 6.07) is 10.2. The van der Waals surface area contributed by atoms with E-state index >= 15 is 0 Å². The fraction of sp³-hybridized carbons (Fsp3) is 0.0769. The Balaban J connectivity index is 2.16. The van der Waals surface area contributed by atoms with Gasteiger partial charge in [0.25, 0.3) is 0 Å². The molecule has 0 fully saturated rings. The molecular formula is C13H10BrClFNS. The number of benzene rings is 2. The van der Waals surface area contributed by atoms with Crippen LogP contribution in [-0.4, -0.2) is 0 Å². The molecule has 0 radical (unpaired) electrons. The van der Waals surface area contributed by atoms with Crippen LogP contribution in [0.5, 0.6) is 0 Å². The van der Waals surface area contributed by atoms with Gasteiger partial charge in [0.05, 0.1) is 0 Å². The molecule has 0 atom stereocenters. The molecule has 5 heteroatoms. The van der Waals surface area contributed by atoms with Gasteiger partial charge in [-0.1, -0.05) is 27.5 Å². The average molecular weight is 347 g/mol. The topological polar surface area (TPSA) is 26.0 Å². The summed E-state index contributed by atoms with van der Waals surface area (Å²) in [5.74, 6) is 0.293. The van der Waals surface area contributed by atoms with Gasteiger partial charge in [-0.2, -0.15) is 0 Å². The standard InChI is InChI=1S/C13H10BrClFNS/c14-9-1-3-11(16)8(5-9)7-18-13-6-10(15)2-4-12(13)17/h1-6H,7,17H2. The Bertz CT molecular complexity index is 525. The summed E-state index contributed by atoms with van der Waals surface area (Å²) in [5, 5.41) is 0.626. The molecule has 0 saturated carbocycles. The van der Waals surface area contributed by atoms with E-state index < -0.39 is 0 Å². The lowest BCUT2D eigenvalue weighted by atomic mass is 10.2. The molecule has 0 aromatic heterocycles. The Kier molecular flexibility index (Phi) is 4.54. The van der Waals surface area contributed by atoms with E-state index in [1.165, 1.54) is 17.8 Å². The molecule has 0 aliphatic heterocycles. The van der Waals surface area contributed by atoms with Crippen LogP contribution in [0.1, 0.15) is 5.56 Å². The minimum absolute atomic E-state index is 0.216. The van der Waals surface area contributed by atoms with Crippen molar-refractivity contribution in [3.63, 3.8) is 0 Å². The number of hydrogen-bond donors (Lipinski definition) is 1. The molecule has 0 aliphatic carbocycles. The molecule has 18 heavy (non-hydrogen) atoms. The third-order valence-electron chi connectivity index (χ3n) is 2.37. The molecule has 2 rings (SSSR count). The van der Waals surface area contributed by atoms with Crippen LogP contribution >= 0.6 is 39.3 Å². The zero-order valence-corrected chi connectivity index (χ0v) is 12.4. The van der Waals surface area contributed by atoms with Gasteiger partial charge < -0.3 is 5.73 Å². The van der Waals surface area contributed by atoms with Gasteiger partial charge in [0.15, 0.2) is 0 Å². The van der Waals surface area contributed by atoms with E-state index in [0.29, 0.717) is 22.0 Å². The quantitative estimate of drug-likeness (QED) is 0.617. The van der Waals surface area contributed by atoms with Crippen molar-refractivity contribution in [1.29, 1.82) is 0 Å². The minimum atomic E-state index is -0.216. The first-order valence-electron chi connectivity index (χ1n) is 5.18. The van der Waals surface area contributed by atoms with Gasteiger partial charge in [0.1, 0.15) is 5.82 Å². The summed E-state index contributed by atoms with van der Waals surface area (Å²) in [4.78, 5) is 0.863. The number of hydrogen-bond acceptors (Lipinski definition) is 2. The highest BCUT2D eigenvalue weighted by Crippen LogP contribution is 2.31. The summed E-state index contributed by atoms with van der Waals surface area (Å²) in [6.45, 7) is 0. The third-order valence-corrected chi connectivity index (χ3v) is 4.21. The van der Waals surface area contributed by atoms with Crippen molar-refractivity contribution in [3.05, 3.63) is 57.3 Å². The van der Waals surface area contributed by atoms with Gasteiger partial charge in [-0.15, -0.1) is 11.8 Å². The van der Waals surface area contributed by atoms with Gasteiger partial charge >= 0.3 is 0 Å². The number of thioether (sulfide) groups is 1. The summed E-state index contributed by atoms with van der Waals surface area (Å²) < 4.78 is 14.4. The van der Waals surface area contributed by atoms with E-state index in [1.54, 1.807) is 30.3 Å². The molecule has 2 aromatic carbocycles. The van der Waals surface area contributed by atoms with Crippen LogP contribution in [0.25, 0.3) is 0 Å². The van der Waals surface area contributed by atoms with Crippen molar-refractivity contribution in [2.45, 2.75) is 10.6 Å². The van der Waals surface area contributed by atoms with Crippen LogP contribution in [0.3, 0.4) is 0 Å². The van der Waals surface area contributed by atoms with Gasteiger partial charge in [0.2, 0.25) is 0 Å². The third kappa shape index (κ3) is 3.40. The zero-order valence-electron chi connectivity index (χ0n) is 9.29. The minimum Gasteiger partial charge on any atom is -0.398 e. The Hall–Kier alpha value is -0.710. The Morgan fingerprint density at radius 1 is 1.22 bits per heavy atom. The maximum atomic E-state index is 13.6. The molecule has 0 spiro atoms. The van der Waals surface area contributed by atoms with Gasteiger partial charge in [-0.05, 0) is 42.0 Å². The van der Waals surface area contributed by atoms with E-state index in [1.807, 2.05) is 0 Å².